The van der Waals surface area contributed by atoms with E-state index in [9.17, 15) is 0 Å². The number of nitrogens with one attached hydrogen (secondary N) is 1. The van der Waals surface area contributed by atoms with Crippen LogP contribution in [-0.2, 0) is 6.42 Å². The lowest BCUT2D eigenvalue weighted by Gasteiger charge is -1.95. The van der Waals surface area contributed by atoms with Gasteiger partial charge in [-0.1, -0.05) is 6.92 Å². The molecule has 3 heterocycles. The molecule has 0 unspecified atom stereocenters. The van der Waals surface area contributed by atoms with Crippen LogP contribution in [0.1, 0.15) is 12.5 Å². The number of aromatic nitrogens is 3. The van der Waals surface area contributed by atoms with E-state index in [0.717, 1.165) is 23.4 Å². The summed E-state index contributed by atoms with van der Waals surface area (Å²) in [5.74, 6) is 0.931. The van der Waals surface area contributed by atoms with Crippen LogP contribution in [-0.4, -0.2) is 15.0 Å². The van der Waals surface area contributed by atoms with Gasteiger partial charge in [0.15, 0.2) is 11.5 Å². The maximum atomic E-state index is 4.51. The molecule has 0 aromatic carbocycles. The first kappa shape index (κ1) is 9.54. The maximum Gasteiger partial charge on any atom is 0.178 e. The summed E-state index contributed by atoms with van der Waals surface area (Å²) in [7, 11) is 0. The number of rotatable bonds is 2. The predicted molar refractivity (Wildman–Crippen MR) is 66.6 cm³/mol. The highest BCUT2D eigenvalue weighted by atomic mass is 32.1. The highest BCUT2D eigenvalue weighted by Gasteiger charge is 2.10. The number of aryl methyl sites for hydroxylation is 1. The summed E-state index contributed by atoms with van der Waals surface area (Å²) in [5.41, 5.74) is 3.12. The molecule has 0 aliphatic rings. The zero-order valence-electron chi connectivity index (χ0n) is 8.90. The quantitative estimate of drug-likeness (QED) is 0.733. The summed E-state index contributed by atoms with van der Waals surface area (Å²) in [5, 5.41) is 2.11. The molecule has 0 saturated heterocycles. The number of imidazole rings is 1. The molecule has 0 aliphatic carbocycles. The second kappa shape index (κ2) is 3.72. The number of fused-ring (bicyclic) bond motifs is 1. The van der Waals surface area contributed by atoms with Crippen molar-refractivity contribution in [3.63, 3.8) is 0 Å². The van der Waals surface area contributed by atoms with Crippen molar-refractivity contribution in [1.82, 2.24) is 15.0 Å². The Hall–Kier alpha value is -1.68. The van der Waals surface area contributed by atoms with E-state index in [1.165, 1.54) is 10.4 Å². The standard InChI is InChI=1S/C12H11N3S/c1-2-8-5-7-16-10(8)12-14-9-4-3-6-13-11(9)15-12/h3-7H,2H2,1H3,(H,13,14,15). The molecule has 1 N–H and O–H groups in total. The summed E-state index contributed by atoms with van der Waals surface area (Å²) >= 11 is 1.72. The molecule has 0 aliphatic heterocycles. The fourth-order valence-corrected chi connectivity index (χ4v) is 2.71. The highest BCUT2D eigenvalue weighted by molar-refractivity contribution is 7.13. The van der Waals surface area contributed by atoms with E-state index in [1.54, 1.807) is 17.5 Å². The van der Waals surface area contributed by atoms with Crippen molar-refractivity contribution in [1.29, 1.82) is 0 Å². The van der Waals surface area contributed by atoms with Crippen LogP contribution in [0.15, 0.2) is 29.8 Å². The fraction of sp³-hybridized carbons (Fsp3) is 0.167. The van der Waals surface area contributed by atoms with Crippen LogP contribution in [0.4, 0.5) is 0 Å². The second-order valence-corrected chi connectivity index (χ2v) is 4.50. The van der Waals surface area contributed by atoms with Gasteiger partial charge in [0.1, 0.15) is 0 Å². The Bertz CT molecular complexity index is 591. The summed E-state index contributed by atoms with van der Waals surface area (Å²) in [6.45, 7) is 2.16. The normalized spacial score (nSPS) is 11.1. The number of thiophene rings is 1. The molecular weight excluding hydrogens is 218 g/mol. The average molecular weight is 229 g/mol. The van der Waals surface area contributed by atoms with Crippen molar-refractivity contribution >= 4 is 22.5 Å². The number of nitrogens with zero attached hydrogens (tertiary/aromatic N) is 2. The SMILES string of the molecule is CCc1ccsc1-c1nc2ncccc2[nH]1. The number of aromatic amines is 1. The first-order valence-corrected chi connectivity index (χ1v) is 6.14. The zero-order valence-corrected chi connectivity index (χ0v) is 9.71. The Kier molecular flexibility index (Phi) is 2.22. The zero-order chi connectivity index (χ0) is 11.0. The Morgan fingerprint density at radius 3 is 3.12 bits per heavy atom. The van der Waals surface area contributed by atoms with E-state index in [4.69, 9.17) is 0 Å². The van der Waals surface area contributed by atoms with E-state index in [0.29, 0.717) is 0 Å². The lowest BCUT2D eigenvalue weighted by atomic mass is 10.2. The molecule has 0 saturated carbocycles. The molecule has 0 bridgehead atoms. The smallest absolute Gasteiger partial charge is 0.178 e. The Balaban J connectivity index is 2.19. The molecule has 3 rings (SSSR count). The average Bonchev–Trinajstić information content (AvgIpc) is 2.94. The van der Waals surface area contributed by atoms with Crippen molar-refractivity contribution in [2.24, 2.45) is 0 Å². The minimum atomic E-state index is 0.785. The van der Waals surface area contributed by atoms with Crippen LogP contribution >= 0.6 is 11.3 Å². The van der Waals surface area contributed by atoms with Gasteiger partial charge in [-0.2, -0.15) is 0 Å². The van der Waals surface area contributed by atoms with E-state index in [-0.39, 0.29) is 0 Å². The number of hydrogen-bond acceptors (Lipinski definition) is 3. The monoisotopic (exact) mass is 229 g/mol. The van der Waals surface area contributed by atoms with Crippen molar-refractivity contribution < 1.29 is 0 Å². The van der Waals surface area contributed by atoms with Gasteiger partial charge in [0.2, 0.25) is 0 Å². The Morgan fingerprint density at radius 1 is 1.38 bits per heavy atom. The summed E-state index contributed by atoms with van der Waals surface area (Å²) in [4.78, 5) is 13.3. The van der Waals surface area contributed by atoms with Crippen LogP contribution in [0.5, 0.6) is 0 Å². The van der Waals surface area contributed by atoms with Gasteiger partial charge in [0.25, 0.3) is 0 Å². The van der Waals surface area contributed by atoms with Crippen molar-refractivity contribution in [3.8, 4) is 10.7 Å². The lowest BCUT2D eigenvalue weighted by Crippen LogP contribution is -1.82. The van der Waals surface area contributed by atoms with Crippen LogP contribution < -0.4 is 0 Å². The van der Waals surface area contributed by atoms with Crippen LogP contribution in [0.3, 0.4) is 0 Å². The molecule has 16 heavy (non-hydrogen) atoms. The van der Waals surface area contributed by atoms with Crippen LogP contribution in [0, 0.1) is 0 Å². The van der Waals surface area contributed by atoms with Crippen molar-refractivity contribution in [2.45, 2.75) is 13.3 Å². The fourth-order valence-electron chi connectivity index (χ4n) is 1.77. The van der Waals surface area contributed by atoms with E-state index in [1.807, 2.05) is 12.1 Å². The van der Waals surface area contributed by atoms with E-state index >= 15 is 0 Å². The number of pyridine rings is 1. The van der Waals surface area contributed by atoms with Crippen LogP contribution in [0.2, 0.25) is 0 Å². The molecule has 0 amide bonds. The largest absolute Gasteiger partial charge is 0.336 e. The molecule has 0 spiro atoms. The molecule has 0 radical (unpaired) electrons. The van der Waals surface area contributed by atoms with Gasteiger partial charge in [-0.05, 0) is 35.6 Å². The third-order valence-corrected chi connectivity index (χ3v) is 3.56. The predicted octanol–water partition coefficient (Wildman–Crippen LogP) is 3.25. The summed E-state index contributed by atoms with van der Waals surface area (Å²) in [6, 6.07) is 6.07. The minimum Gasteiger partial charge on any atom is -0.336 e. The summed E-state index contributed by atoms with van der Waals surface area (Å²) in [6.07, 6.45) is 2.80. The third-order valence-electron chi connectivity index (χ3n) is 2.60. The highest BCUT2D eigenvalue weighted by Crippen LogP contribution is 2.28. The van der Waals surface area contributed by atoms with E-state index in [2.05, 4.69) is 33.3 Å². The first-order chi connectivity index (χ1) is 7.88. The van der Waals surface area contributed by atoms with Gasteiger partial charge < -0.3 is 4.98 Å². The minimum absolute atomic E-state index is 0.785. The maximum absolute atomic E-state index is 4.51. The second-order valence-electron chi connectivity index (χ2n) is 3.59. The molecule has 3 aromatic rings. The Morgan fingerprint density at radius 2 is 2.31 bits per heavy atom. The van der Waals surface area contributed by atoms with Gasteiger partial charge >= 0.3 is 0 Å². The van der Waals surface area contributed by atoms with Crippen LogP contribution in [0.25, 0.3) is 21.9 Å². The van der Waals surface area contributed by atoms with Gasteiger partial charge in [-0.15, -0.1) is 11.3 Å². The molecular formula is C12H11N3S. The molecule has 3 aromatic heterocycles. The Labute approximate surface area is 97.2 Å². The van der Waals surface area contributed by atoms with Gasteiger partial charge in [-0.3, -0.25) is 0 Å². The lowest BCUT2D eigenvalue weighted by molar-refractivity contribution is 1.15. The number of H-pyrrole nitrogens is 1. The summed E-state index contributed by atoms with van der Waals surface area (Å²) < 4.78 is 0. The molecule has 80 valence electrons. The number of hydrogen-bond donors (Lipinski definition) is 1. The first-order valence-electron chi connectivity index (χ1n) is 5.26. The molecule has 3 nitrogen and oxygen atoms in total. The molecule has 0 fully saturated rings. The van der Waals surface area contributed by atoms with Gasteiger partial charge in [0.05, 0.1) is 10.4 Å². The topological polar surface area (TPSA) is 41.6 Å². The van der Waals surface area contributed by atoms with Crippen molar-refractivity contribution in [3.05, 3.63) is 35.3 Å². The molecule has 4 heteroatoms. The van der Waals surface area contributed by atoms with Gasteiger partial charge in [-0.25, -0.2) is 9.97 Å². The van der Waals surface area contributed by atoms with Crippen molar-refractivity contribution in [2.75, 3.05) is 0 Å². The third kappa shape index (κ3) is 1.42. The van der Waals surface area contributed by atoms with E-state index < -0.39 is 0 Å². The molecule has 0 atom stereocenters. The van der Waals surface area contributed by atoms with Gasteiger partial charge in [0, 0.05) is 6.20 Å².